The predicted octanol–water partition coefficient (Wildman–Crippen LogP) is 14.1. The number of hydrogen-bond donors (Lipinski definition) is 0. The van der Waals surface area contributed by atoms with E-state index < -0.39 is 0 Å². The van der Waals surface area contributed by atoms with E-state index >= 15 is 0 Å². The van der Waals surface area contributed by atoms with Gasteiger partial charge in [0.1, 0.15) is 0 Å². The third-order valence-corrected chi connectivity index (χ3v) is 9.21. The van der Waals surface area contributed by atoms with E-state index in [1.165, 1.54) is 193 Å². The number of ether oxygens (including phenoxy) is 1. The fourth-order valence-electron chi connectivity index (χ4n) is 6.27. The topological polar surface area (TPSA) is 26.3 Å². The zero-order valence-corrected chi connectivity index (χ0v) is 28.9. The van der Waals surface area contributed by atoms with Gasteiger partial charge in [-0.05, 0) is 18.8 Å². The van der Waals surface area contributed by atoms with Crippen LogP contribution in [0.4, 0.5) is 0 Å². The first-order valence-electron chi connectivity index (χ1n) is 19.4. The van der Waals surface area contributed by atoms with E-state index in [1.54, 1.807) is 0 Å². The van der Waals surface area contributed by atoms with Gasteiger partial charge in [0, 0.05) is 6.42 Å². The lowest BCUT2D eigenvalue weighted by molar-refractivity contribution is -0.144. The number of esters is 1. The second-order valence-electron chi connectivity index (χ2n) is 13.4. The summed E-state index contributed by atoms with van der Waals surface area (Å²) in [5, 5.41) is 0. The summed E-state index contributed by atoms with van der Waals surface area (Å²) in [4.78, 5) is 12.3. The van der Waals surface area contributed by atoms with Crippen molar-refractivity contribution in [2.75, 3.05) is 6.61 Å². The molecule has 0 aliphatic heterocycles. The molecule has 0 aromatic heterocycles. The minimum Gasteiger partial charge on any atom is -0.466 e. The van der Waals surface area contributed by atoms with Crippen molar-refractivity contribution in [3.05, 3.63) is 0 Å². The molecule has 0 heterocycles. The minimum atomic E-state index is 0.0464. The van der Waals surface area contributed by atoms with Crippen LogP contribution in [-0.4, -0.2) is 12.6 Å². The van der Waals surface area contributed by atoms with Crippen LogP contribution in [0.3, 0.4) is 0 Å². The molecular weight excluding hydrogens is 500 g/mol. The third kappa shape index (κ3) is 33.8. The van der Waals surface area contributed by atoms with Crippen LogP contribution in [0.25, 0.3) is 0 Å². The molecule has 0 saturated carbocycles. The van der Waals surface area contributed by atoms with Crippen molar-refractivity contribution in [1.29, 1.82) is 0 Å². The molecule has 1 atom stereocenters. The number of unbranched alkanes of at least 4 members (excludes halogenated alkanes) is 26. The molecule has 41 heavy (non-hydrogen) atoms. The molecule has 246 valence electrons. The van der Waals surface area contributed by atoms with Gasteiger partial charge in [-0.25, -0.2) is 0 Å². The lowest BCUT2D eigenvalue weighted by atomic mass is 9.91. The van der Waals surface area contributed by atoms with E-state index in [4.69, 9.17) is 4.74 Å². The molecular formula is C39H78O2. The minimum absolute atomic E-state index is 0.0464. The fraction of sp³-hybridized carbons (Fsp3) is 0.974. The molecule has 0 radical (unpaired) electrons. The van der Waals surface area contributed by atoms with Gasteiger partial charge >= 0.3 is 5.97 Å². The third-order valence-electron chi connectivity index (χ3n) is 9.21. The van der Waals surface area contributed by atoms with E-state index in [1.807, 2.05) is 0 Å². The van der Waals surface area contributed by atoms with Gasteiger partial charge < -0.3 is 4.74 Å². The smallest absolute Gasteiger partial charge is 0.305 e. The molecule has 0 aromatic rings. The quantitative estimate of drug-likeness (QED) is 0.0552. The normalized spacial score (nSPS) is 12.2. The summed E-state index contributed by atoms with van der Waals surface area (Å²) < 4.78 is 5.69. The summed E-state index contributed by atoms with van der Waals surface area (Å²) >= 11 is 0. The van der Waals surface area contributed by atoms with Crippen molar-refractivity contribution in [2.24, 2.45) is 5.92 Å². The van der Waals surface area contributed by atoms with Gasteiger partial charge in [0.25, 0.3) is 0 Å². The number of hydrogen-bond acceptors (Lipinski definition) is 2. The summed E-state index contributed by atoms with van der Waals surface area (Å²) in [6.45, 7) is 7.53. The van der Waals surface area contributed by atoms with Crippen molar-refractivity contribution in [1.82, 2.24) is 0 Å². The van der Waals surface area contributed by atoms with Crippen molar-refractivity contribution < 1.29 is 9.53 Å². The van der Waals surface area contributed by atoms with Gasteiger partial charge in [-0.15, -0.1) is 0 Å². The molecule has 0 N–H and O–H groups in total. The van der Waals surface area contributed by atoms with E-state index in [-0.39, 0.29) is 5.97 Å². The highest BCUT2D eigenvalue weighted by atomic mass is 16.5. The van der Waals surface area contributed by atoms with Crippen LogP contribution in [0.15, 0.2) is 0 Å². The van der Waals surface area contributed by atoms with Gasteiger partial charge in [-0.2, -0.15) is 0 Å². The summed E-state index contributed by atoms with van der Waals surface area (Å²) in [5.41, 5.74) is 0. The number of carbonyl (C=O) groups is 1. The summed E-state index contributed by atoms with van der Waals surface area (Å²) in [6, 6.07) is 0. The first-order chi connectivity index (χ1) is 20.2. The Bertz CT molecular complexity index is 488. The maximum Gasteiger partial charge on any atom is 0.305 e. The Morgan fingerprint density at radius 3 is 1.02 bits per heavy atom. The molecule has 0 bridgehead atoms. The number of rotatable bonds is 35. The van der Waals surface area contributed by atoms with Crippen LogP contribution >= 0.6 is 0 Å². The maximum absolute atomic E-state index is 12.3. The van der Waals surface area contributed by atoms with Crippen LogP contribution in [0.1, 0.15) is 233 Å². The molecule has 2 nitrogen and oxygen atoms in total. The average molecular weight is 579 g/mol. The Morgan fingerprint density at radius 2 is 0.683 bits per heavy atom. The molecule has 0 spiro atoms. The van der Waals surface area contributed by atoms with Crippen LogP contribution in [0.5, 0.6) is 0 Å². The van der Waals surface area contributed by atoms with Crippen LogP contribution < -0.4 is 0 Å². The lowest BCUT2D eigenvalue weighted by Crippen LogP contribution is -2.10. The molecule has 0 amide bonds. The van der Waals surface area contributed by atoms with E-state index in [0.717, 1.165) is 18.8 Å². The Kier molecular flexibility index (Phi) is 35.2. The molecule has 0 saturated heterocycles. The predicted molar refractivity (Wildman–Crippen MR) is 184 cm³/mol. The number of carbonyl (C=O) groups excluding carboxylic acids is 1. The molecule has 0 rings (SSSR count). The van der Waals surface area contributed by atoms with Gasteiger partial charge in [0.05, 0.1) is 6.61 Å². The van der Waals surface area contributed by atoms with Crippen LogP contribution in [-0.2, 0) is 9.53 Å². The summed E-state index contributed by atoms with van der Waals surface area (Å²) in [6.07, 6.45) is 44.2. The van der Waals surface area contributed by atoms with Gasteiger partial charge in [0.2, 0.25) is 0 Å². The molecule has 0 aromatic carbocycles. The van der Waals surface area contributed by atoms with E-state index in [2.05, 4.69) is 20.8 Å². The molecule has 1 unspecified atom stereocenters. The SMILES string of the molecule is CCCCCCCCCCCCCCCCCC(=O)OCCC(CCCCCCCC)CCCCCCCCCC. The zero-order valence-electron chi connectivity index (χ0n) is 28.9. The monoisotopic (exact) mass is 579 g/mol. The van der Waals surface area contributed by atoms with Gasteiger partial charge in [-0.1, -0.05) is 213 Å². The van der Waals surface area contributed by atoms with Gasteiger partial charge in [0.15, 0.2) is 0 Å². The lowest BCUT2D eigenvalue weighted by Gasteiger charge is -2.17. The summed E-state index contributed by atoms with van der Waals surface area (Å²) in [5.74, 6) is 0.796. The second kappa shape index (κ2) is 35.7. The summed E-state index contributed by atoms with van der Waals surface area (Å²) in [7, 11) is 0. The van der Waals surface area contributed by atoms with Crippen molar-refractivity contribution >= 4 is 5.97 Å². The van der Waals surface area contributed by atoms with Crippen molar-refractivity contribution in [3.8, 4) is 0 Å². The first-order valence-corrected chi connectivity index (χ1v) is 19.4. The Morgan fingerprint density at radius 1 is 0.390 bits per heavy atom. The van der Waals surface area contributed by atoms with E-state index in [9.17, 15) is 4.79 Å². The highest BCUT2D eigenvalue weighted by molar-refractivity contribution is 5.69. The highest BCUT2D eigenvalue weighted by Crippen LogP contribution is 2.23. The maximum atomic E-state index is 12.3. The first kappa shape index (κ1) is 40.5. The highest BCUT2D eigenvalue weighted by Gasteiger charge is 2.11. The molecule has 0 aliphatic rings. The standard InChI is InChI=1S/C39H78O2/c1-4-7-10-13-16-18-19-20-21-22-23-24-26-29-32-35-39(40)41-37-36-38(33-30-27-15-12-9-6-3)34-31-28-25-17-14-11-8-5-2/h38H,4-37H2,1-3H3. The van der Waals surface area contributed by atoms with Crippen molar-refractivity contribution in [2.45, 2.75) is 233 Å². The fourth-order valence-corrected chi connectivity index (χ4v) is 6.27. The Balaban J connectivity index is 3.77. The molecule has 2 heteroatoms. The Hall–Kier alpha value is -0.530. The Labute approximate surface area is 260 Å². The second-order valence-corrected chi connectivity index (χ2v) is 13.4. The average Bonchev–Trinajstić information content (AvgIpc) is 2.97. The van der Waals surface area contributed by atoms with Crippen LogP contribution in [0, 0.1) is 5.92 Å². The zero-order chi connectivity index (χ0) is 29.9. The van der Waals surface area contributed by atoms with Gasteiger partial charge in [-0.3, -0.25) is 4.79 Å². The van der Waals surface area contributed by atoms with Crippen molar-refractivity contribution in [3.63, 3.8) is 0 Å². The molecule has 0 aliphatic carbocycles. The molecule has 0 fully saturated rings. The van der Waals surface area contributed by atoms with E-state index in [0.29, 0.717) is 13.0 Å². The van der Waals surface area contributed by atoms with Crippen LogP contribution in [0.2, 0.25) is 0 Å². The largest absolute Gasteiger partial charge is 0.466 e.